The maximum absolute atomic E-state index is 11.5. The Morgan fingerprint density at radius 2 is 1.86 bits per heavy atom. The van der Waals surface area contributed by atoms with E-state index in [0.29, 0.717) is 12.0 Å². The second-order valence-corrected chi connectivity index (χ2v) is 4.68. The number of hydrazine groups is 1. The van der Waals surface area contributed by atoms with Gasteiger partial charge in [0, 0.05) is 24.6 Å². The monoisotopic (exact) mass is 305 g/mol. The number of nitro groups is 1. The normalized spacial score (nSPS) is 10.4. The minimum Gasteiger partial charge on any atom is -0.273 e. The fourth-order valence-electron chi connectivity index (χ4n) is 1.65. The Hall–Kier alpha value is -2.70. The maximum Gasteiger partial charge on any atom is 0.269 e. The van der Waals surface area contributed by atoms with E-state index in [4.69, 9.17) is 0 Å². The van der Waals surface area contributed by atoms with Crippen LogP contribution >= 0.6 is 0 Å². The summed E-state index contributed by atoms with van der Waals surface area (Å²) < 4.78 is 0. The smallest absolute Gasteiger partial charge is 0.269 e. The zero-order valence-corrected chi connectivity index (χ0v) is 12.4. The lowest BCUT2D eigenvalue weighted by atomic mass is 10.2. The number of rotatable bonds is 7. The second kappa shape index (κ2) is 9.28. The van der Waals surface area contributed by atoms with Crippen molar-refractivity contribution >= 4 is 23.6 Å². The molecule has 0 heterocycles. The molecule has 1 aromatic rings. The summed E-state index contributed by atoms with van der Waals surface area (Å²) in [7, 11) is 0. The standard InChI is InChI=1S/C15H19N3O4/c1-2-3-4-5-14(19)16-17-15(20)11-8-12-6-9-13(10-7-12)18(21)22/h6-11H,2-5H2,1H3,(H,16,19)(H,17,20)/b11-8+. The Morgan fingerprint density at radius 3 is 2.45 bits per heavy atom. The summed E-state index contributed by atoms with van der Waals surface area (Å²) in [5.41, 5.74) is 5.23. The van der Waals surface area contributed by atoms with Gasteiger partial charge < -0.3 is 0 Å². The van der Waals surface area contributed by atoms with Gasteiger partial charge in [-0.2, -0.15) is 0 Å². The fraction of sp³-hybridized carbons (Fsp3) is 0.333. The number of nitrogens with one attached hydrogen (secondary N) is 2. The predicted molar refractivity (Wildman–Crippen MR) is 82.6 cm³/mol. The van der Waals surface area contributed by atoms with Gasteiger partial charge in [0.25, 0.3) is 11.6 Å². The first-order valence-corrected chi connectivity index (χ1v) is 7.04. The lowest BCUT2D eigenvalue weighted by Gasteiger charge is -2.04. The van der Waals surface area contributed by atoms with Gasteiger partial charge in [0.1, 0.15) is 0 Å². The van der Waals surface area contributed by atoms with E-state index in [-0.39, 0.29) is 11.6 Å². The first-order chi connectivity index (χ1) is 10.5. The van der Waals surface area contributed by atoms with Crippen molar-refractivity contribution in [2.45, 2.75) is 32.6 Å². The van der Waals surface area contributed by atoms with Gasteiger partial charge in [0.2, 0.25) is 5.91 Å². The minimum atomic E-state index is -0.492. The largest absolute Gasteiger partial charge is 0.273 e. The van der Waals surface area contributed by atoms with Gasteiger partial charge in [-0.3, -0.25) is 30.6 Å². The molecule has 2 N–H and O–H groups in total. The lowest BCUT2D eigenvalue weighted by Crippen LogP contribution is -2.40. The number of non-ortho nitro benzene ring substituents is 1. The molecule has 1 rings (SSSR count). The van der Waals surface area contributed by atoms with Crippen molar-refractivity contribution in [2.75, 3.05) is 0 Å². The summed E-state index contributed by atoms with van der Waals surface area (Å²) in [6, 6.07) is 5.77. The van der Waals surface area contributed by atoms with Crippen molar-refractivity contribution in [1.29, 1.82) is 0 Å². The Balaban J connectivity index is 2.37. The van der Waals surface area contributed by atoms with E-state index < -0.39 is 10.8 Å². The third-order valence-electron chi connectivity index (χ3n) is 2.86. The fourth-order valence-corrected chi connectivity index (χ4v) is 1.65. The molecule has 118 valence electrons. The van der Waals surface area contributed by atoms with Crippen LogP contribution in [0, 0.1) is 10.1 Å². The maximum atomic E-state index is 11.5. The van der Waals surface area contributed by atoms with Gasteiger partial charge >= 0.3 is 0 Å². The summed E-state index contributed by atoms with van der Waals surface area (Å²) in [6.07, 6.45) is 5.91. The Bertz CT molecular complexity index is 552. The van der Waals surface area contributed by atoms with Gasteiger partial charge in [-0.1, -0.05) is 19.8 Å². The highest BCUT2D eigenvalue weighted by molar-refractivity contribution is 5.93. The highest BCUT2D eigenvalue weighted by Crippen LogP contribution is 2.12. The number of unbranched alkanes of at least 4 members (excludes halogenated alkanes) is 2. The molecule has 0 atom stereocenters. The number of carbonyl (C=O) groups excluding carboxylic acids is 2. The van der Waals surface area contributed by atoms with E-state index in [0.717, 1.165) is 19.3 Å². The molecule has 0 bridgehead atoms. The van der Waals surface area contributed by atoms with Crippen molar-refractivity contribution in [1.82, 2.24) is 10.9 Å². The number of amides is 2. The molecule has 0 fully saturated rings. The Morgan fingerprint density at radius 1 is 1.18 bits per heavy atom. The molecule has 0 saturated carbocycles. The number of carbonyl (C=O) groups is 2. The zero-order chi connectivity index (χ0) is 16.4. The molecular weight excluding hydrogens is 286 g/mol. The number of hydrogen-bond donors (Lipinski definition) is 2. The predicted octanol–water partition coefficient (Wildman–Crippen LogP) is 2.34. The molecule has 0 aromatic heterocycles. The molecular formula is C15H19N3O4. The lowest BCUT2D eigenvalue weighted by molar-refractivity contribution is -0.384. The van der Waals surface area contributed by atoms with Gasteiger partial charge in [0.05, 0.1) is 4.92 Å². The molecule has 0 saturated heterocycles. The van der Waals surface area contributed by atoms with Crippen LogP contribution in [0.15, 0.2) is 30.3 Å². The second-order valence-electron chi connectivity index (χ2n) is 4.68. The third-order valence-corrected chi connectivity index (χ3v) is 2.86. The van der Waals surface area contributed by atoms with E-state index in [9.17, 15) is 19.7 Å². The average Bonchev–Trinajstić information content (AvgIpc) is 2.51. The summed E-state index contributed by atoms with van der Waals surface area (Å²) in [5, 5.41) is 10.5. The quantitative estimate of drug-likeness (QED) is 0.349. The number of benzene rings is 1. The molecule has 7 heteroatoms. The van der Waals surface area contributed by atoms with Crippen LogP contribution in [-0.2, 0) is 9.59 Å². The van der Waals surface area contributed by atoms with Crippen molar-refractivity contribution < 1.29 is 14.5 Å². The van der Waals surface area contributed by atoms with Crippen LogP contribution in [-0.4, -0.2) is 16.7 Å². The van der Waals surface area contributed by atoms with Gasteiger partial charge in [-0.25, -0.2) is 0 Å². The van der Waals surface area contributed by atoms with E-state index in [1.54, 1.807) is 0 Å². The third kappa shape index (κ3) is 6.65. The summed E-state index contributed by atoms with van der Waals surface area (Å²) in [6.45, 7) is 2.04. The van der Waals surface area contributed by atoms with Crippen molar-refractivity contribution in [3.8, 4) is 0 Å². The van der Waals surface area contributed by atoms with Crippen LogP contribution < -0.4 is 10.9 Å². The first kappa shape index (κ1) is 17.4. The van der Waals surface area contributed by atoms with Gasteiger partial charge in [0.15, 0.2) is 0 Å². The molecule has 0 spiro atoms. The molecule has 7 nitrogen and oxygen atoms in total. The summed E-state index contributed by atoms with van der Waals surface area (Å²) in [4.78, 5) is 32.9. The van der Waals surface area contributed by atoms with E-state index in [1.165, 1.54) is 36.4 Å². The average molecular weight is 305 g/mol. The Labute approximate surface area is 128 Å². The topological polar surface area (TPSA) is 101 Å². The van der Waals surface area contributed by atoms with E-state index in [1.807, 2.05) is 6.92 Å². The van der Waals surface area contributed by atoms with Crippen LogP contribution in [0.5, 0.6) is 0 Å². The van der Waals surface area contributed by atoms with Crippen LogP contribution in [0.2, 0.25) is 0 Å². The molecule has 0 aliphatic rings. The first-order valence-electron chi connectivity index (χ1n) is 7.04. The molecule has 0 aliphatic carbocycles. The highest BCUT2D eigenvalue weighted by atomic mass is 16.6. The van der Waals surface area contributed by atoms with Gasteiger partial charge in [-0.15, -0.1) is 0 Å². The Kier molecular flexibility index (Phi) is 7.32. The number of nitro benzene ring substituents is 1. The van der Waals surface area contributed by atoms with Crippen LogP contribution in [0.4, 0.5) is 5.69 Å². The molecule has 2 amide bonds. The van der Waals surface area contributed by atoms with Gasteiger partial charge in [-0.05, 0) is 30.2 Å². The molecule has 1 aromatic carbocycles. The van der Waals surface area contributed by atoms with Crippen LogP contribution in [0.25, 0.3) is 6.08 Å². The number of hydrogen-bond acceptors (Lipinski definition) is 4. The van der Waals surface area contributed by atoms with Crippen molar-refractivity contribution in [3.63, 3.8) is 0 Å². The van der Waals surface area contributed by atoms with Crippen LogP contribution in [0.1, 0.15) is 38.2 Å². The SMILES string of the molecule is CCCCCC(=O)NNC(=O)/C=C/c1ccc([N+](=O)[O-])cc1. The number of nitrogens with zero attached hydrogens (tertiary/aromatic N) is 1. The summed E-state index contributed by atoms with van der Waals surface area (Å²) >= 11 is 0. The highest BCUT2D eigenvalue weighted by Gasteiger charge is 2.03. The molecule has 0 radical (unpaired) electrons. The molecule has 22 heavy (non-hydrogen) atoms. The van der Waals surface area contributed by atoms with E-state index in [2.05, 4.69) is 10.9 Å². The molecule has 0 unspecified atom stereocenters. The van der Waals surface area contributed by atoms with Crippen molar-refractivity contribution in [2.24, 2.45) is 0 Å². The van der Waals surface area contributed by atoms with Crippen LogP contribution in [0.3, 0.4) is 0 Å². The zero-order valence-electron chi connectivity index (χ0n) is 12.4. The minimum absolute atomic E-state index is 0.0130. The van der Waals surface area contributed by atoms with Crippen molar-refractivity contribution in [3.05, 3.63) is 46.0 Å². The summed E-state index contributed by atoms with van der Waals surface area (Å²) in [5.74, 6) is -0.701. The molecule has 0 aliphatic heterocycles. The van der Waals surface area contributed by atoms with E-state index >= 15 is 0 Å².